The lowest BCUT2D eigenvalue weighted by Gasteiger charge is -2.44. The fourth-order valence-electron chi connectivity index (χ4n) is 4.73. The van der Waals surface area contributed by atoms with Gasteiger partial charge in [0.15, 0.2) is 0 Å². The van der Waals surface area contributed by atoms with Crippen LogP contribution in [-0.4, -0.2) is 82.6 Å². The average molecular weight is 832 g/mol. The third kappa shape index (κ3) is 9.41. The Labute approximate surface area is 290 Å². The first-order valence-corrected chi connectivity index (χ1v) is 16.3. The van der Waals surface area contributed by atoms with Gasteiger partial charge in [-0.15, -0.1) is 0 Å². The van der Waals surface area contributed by atoms with E-state index in [0.29, 0.717) is 38.5 Å². The van der Waals surface area contributed by atoms with Crippen LogP contribution in [0.25, 0.3) is 0 Å². The molecule has 0 aliphatic carbocycles. The molecule has 312 valence electrons. The summed E-state index contributed by atoms with van der Waals surface area (Å²) in [5.41, 5.74) is 0. The van der Waals surface area contributed by atoms with Crippen LogP contribution in [-0.2, 0) is 4.79 Å². The number of amides is 1. The maximum absolute atomic E-state index is 14.8. The van der Waals surface area contributed by atoms with Crippen LogP contribution < -0.4 is 0 Å². The molecule has 0 aliphatic rings. The summed E-state index contributed by atoms with van der Waals surface area (Å²) in [7, 11) is 0. The van der Waals surface area contributed by atoms with Crippen LogP contribution in [0, 0.1) is 0 Å². The molecule has 0 saturated carbocycles. The molecular formula is C29H38ClF20NO. The highest BCUT2D eigenvalue weighted by atomic mass is 35.5. The number of hydrogen-bond donors (Lipinski definition) is 0. The minimum absolute atomic E-state index is 0.107. The number of halogens is 21. The number of carbonyl (C=O) groups excluding carboxylic acids is 1. The highest BCUT2D eigenvalue weighted by Gasteiger charge is 2.98. The van der Waals surface area contributed by atoms with Crippen molar-refractivity contribution in [3.8, 4) is 0 Å². The fraction of sp³-hybridized carbons (Fsp3) is 0.966. The molecule has 0 spiro atoms. The van der Waals surface area contributed by atoms with Crippen LogP contribution in [0.1, 0.15) is 104 Å². The first-order chi connectivity index (χ1) is 23.2. The van der Waals surface area contributed by atoms with E-state index in [4.69, 9.17) is 0 Å². The topological polar surface area (TPSA) is 20.3 Å². The lowest BCUT2D eigenvalue weighted by atomic mass is 9.86. The molecule has 0 fully saturated rings. The van der Waals surface area contributed by atoms with Crippen LogP contribution in [0.5, 0.6) is 0 Å². The summed E-state index contributed by atoms with van der Waals surface area (Å²) in [6, 6.07) is 0. The monoisotopic (exact) mass is 831 g/mol. The van der Waals surface area contributed by atoms with Crippen molar-refractivity contribution in [3.05, 3.63) is 0 Å². The number of carbonyl (C=O) groups is 1. The molecule has 0 aliphatic heterocycles. The first-order valence-electron chi connectivity index (χ1n) is 15.9. The molecule has 0 radical (unpaired) electrons. The van der Waals surface area contributed by atoms with Gasteiger partial charge >= 0.3 is 58.7 Å². The summed E-state index contributed by atoms with van der Waals surface area (Å²) in [4.78, 5) is 12.3. The lowest BCUT2D eigenvalue weighted by molar-refractivity contribution is -0.464. The van der Waals surface area contributed by atoms with Crippen molar-refractivity contribution in [1.82, 2.24) is 4.90 Å². The molecule has 2 nitrogen and oxygen atoms in total. The minimum Gasteiger partial charge on any atom is -0.337 e. The van der Waals surface area contributed by atoms with E-state index in [1.54, 1.807) is 0 Å². The standard InChI is InChI=1S/C29H38ClF20NO/c1-3-5-7-9-11-13-15-17-51(18-16-14-12-10-8-6-4-2)19(52)20(31,32)21(33,34)22(35,36)23(37,38)24(39,40)25(41,42)26(43,44)27(45,46)28(47,48)29(30,49)50/h3-18H2,1-2H3. The Bertz CT molecular complexity index is 1090. The molecule has 0 heterocycles. The van der Waals surface area contributed by atoms with Crippen molar-refractivity contribution in [1.29, 1.82) is 0 Å². The van der Waals surface area contributed by atoms with Crippen LogP contribution in [0.4, 0.5) is 87.8 Å². The van der Waals surface area contributed by atoms with Crippen molar-refractivity contribution < 1.29 is 92.6 Å². The first kappa shape index (κ1) is 50.4. The van der Waals surface area contributed by atoms with Gasteiger partial charge in [-0.3, -0.25) is 4.79 Å². The summed E-state index contributed by atoms with van der Waals surface area (Å²) in [6.45, 7) is 1.84. The normalized spacial score (nSPS) is 15.0. The van der Waals surface area contributed by atoms with E-state index in [1.807, 2.05) is 13.8 Å². The largest absolute Gasteiger partial charge is 0.393 e. The van der Waals surface area contributed by atoms with Gasteiger partial charge in [-0.1, -0.05) is 90.9 Å². The maximum Gasteiger partial charge on any atom is 0.393 e. The zero-order valence-corrected chi connectivity index (χ0v) is 28.4. The molecule has 52 heavy (non-hydrogen) atoms. The molecule has 0 bridgehead atoms. The van der Waals surface area contributed by atoms with Gasteiger partial charge in [-0.05, 0) is 24.4 Å². The fourth-order valence-corrected chi connectivity index (χ4v) is 4.84. The van der Waals surface area contributed by atoms with Crippen molar-refractivity contribution in [3.63, 3.8) is 0 Å². The second kappa shape index (κ2) is 17.9. The van der Waals surface area contributed by atoms with Crippen LogP contribution in [0.15, 0.2) is 0 Å². The van der Waals surface area contributed by atoms with E-state index in [0.717, 1.165) is 25.7 Å². The van der Waals surface area contributed by atoms with Crippen LogP contribution in [0.2, 0.25) is 0 Å². The number of alkyl halides is 21. The van der Waals surface area contributed by atoms with E-state index in [-0.39, 0.29) is 30.6 Å². The van der Waals surface area contributed by atoms with Gasteiger partial charge in [0.05, 0.1) is 0 Å². The predicted octanol–water partition coefficient (Wildman–Crippen LogP) is 12.9. The van der Waals surface area contributed by atoms with Crippen molar-refractivity contribution in [2.24, 2.45) is 0 Å². The molecule has 0 atom stereocenters. The number of nitrogens with zero attached hydrogens (tertiary/aromatic N) is 1. The minimum atomic E-state index is -9.16. The van der Waals surface area contributed by atoms with Crippen molar-refractivity contribution in [2.45, 2.75) is 162 Å². The van der Waals surface area contributed by atoms with Gasteiger partial charge in [0.25, 0.3) is 5.91 Å². The third-order valence-corrected chi connectivity index (χ3v) is 8.37. The summed E-state index contributed by atoms with van der Waals surface area (Å²) in [6.07, 6.45) is 6.05. The van der Waals surface area contributed by atoms with E-state index < -0.39 is 77.7 Å². The molecule has 0 unspecified atom stereocenters. The van der Waals surface area contributed by atoms with E-state index >= 15 is 0 Å². The number of unbranched alkanes of at least 4 members (excludes halogenated alkanes) is 12. The molecule has 0 aromatic rings. The Morgan fingerprint density at radius 2 is 0.615 bits per heavy atom. The highest BCUT2D eigenvalue weighted by molar-refractivity contribution is 6.22. The predicted molar refractivity (Wildman–Crippen MR) is 148 cm³/mol. The van der Waals surface area contributed by atoms with Gasteiger partial charge in [-0.25, -0.2) is 0 Å². The van der Waals surface area contributed by atoms with Gasteiger partial charge < -0.3 is 4.90 Å². The van der Waals surface area contributed by atoms with E-state index in [2.05, 4.69) is 11.6 Å². The van der Waals surface area contributed by atoms with Crippen molar-refractivity contribution in [2.75, 3.05) is 13.1 Å². The highest BCUT2D eigenvalue weighted by Crippen LogP contribution is 2.66. The van der Waals surface area contributed by atoms with Gasteiger partial charge in [0, 0.05) is 13.1 Å². The number of rotatable bonds is 26. The Balaban J connectivity index is 6.70. The molecule has 0 N–H and O–H groups in total. The van der Waals surface area contributed by atoms with Gasteiger partial charge in [-0.2, -0.15) is 87.8 Å². The van der Waals surface area contributed by atoms with Crippen LogP contribution >= 0.6 is 11.6 Å². The molecule has 23 heteroatoms. The SMILES string of the molecule is CCCCCCCCCN(CCCCCCCCC)C(=O)C(F)(F)C(F)(F)C(F)(F)C(F)(F)C(F)(F)C(F)(F)C(F)(F)C(F)(F)C(F)(F)C(F)(F)Cl. The second-order valence-corrected chi connectivity index (χ2v) is 12.7. The summed E-state index contributed by atoms with van der Waals surface area (Å²) >= 11 is 3.42. The zero-order valence-electron chi connectivity index (χ0n) is 27.6. The summed E-state index contributed by atoms with van der Waals surface area (Å²) in [5.74, 6) is -80.7. The number of hydrogen-bond acceptors (Lipinski definition) is 1. The summed E-state index contributed by atoms with van der Waals surface area (Å²) < 4.78 is 279. The maximum atomic E-state index is 14.8. The molecular weight excluding hydrogens is 794 g/mol. The zero-order chi connectivity index (χ0) is 41.5. The Hall–Kier alpha value is -1.64. The molecule has 0 aromatic heterocycles. The van der Waals surface area contributed by atoms with E-state index in [9.17, 15) is 92.6 Å². The lowest BCUT2D eigenvalue weighted by Crippen LogP contribution is -2.77. The Morgan fingerprint density at radius 1 is 0.385 bits per heavy atom. The van der Waals surface area contributed by atoms with Crippen molar-refractivity contribution >= 4 is 17.5 Å². The average Bonchev–Trinajstić information content (AvgIpc) is 3.01. The summed E-state index contributed by atoms with van der Waals surface area (Å²) in [5, 5.41) is -7.07. The molecule has 0 rings (SSSR count). The smallest absolute Gasteiger partial charge is 0.337 e. The Kier molecular flexibility index (Phi) is 17.3. The molecule has 0 saturated heterocycles. The quantitative estimate of drug-likeness (QED) is 0.0483. The molecule has 0 aromatic carbocycles. The van der Waals surface area contributed by atoms with Gasteiger partial charge in [0.2, 0.25) is 0 Å². The van der Waals surface area contributed by atoms with Crippen LogP contribution in [0.3, 0.4) is 0 Å². The van der Waals surface area contributed by atoms with E-state index in [1.165, 1.54) is 0 Å². The second-order valence-electron chi connectivity index (χ2n) is 12.2. The Morgan fingerprint density at radius 3 is 0.885 bits per heavy atom. The molecule has 1 amide bonds. The van der Waals surface area contributed by atoms with Gasteiger partial charge in [0.1, 0.15) is 0 Å². The third-order valence-electron chi connectivity index (χ3n) is 8.13.